The molecule has 1 saturated carbocycles. The molecule has 1 amide bonds. The molecule has 3 aliphatic rings. The van der Waals surface area contributed by atoms with Crippen molar-refractivity contribution in [2.45, 2.75) is 71.3 Å². The molecule has 188 valence electrons. The summed E-state index contributed by atoms with van der Waals surface area (Å²) in [6.07, 6.45) is 12.7. The van der Waals surface area contributed by atoms with Crippen LogP contribution in [0.25, 0.3) is 11.8 Å². The molecule has 5 rings (SSSR count). The van der Waals surface area contributed by atoms with Crippen molar-refractivity contribution in [1.82, 2.24) is 20.0 Å². The molecule has 2 heterocycles. The van der Waals surface area contributed by atoms with E-state index in [0.29, 0.717) is 5.92 Å². The summed E-state index contributed by atoms with van der Waals surface area (Å²) in [6.45, 7) is 6.66. The highest BCUT2D eigenvalue weighted by molar-refractivity contribution is 5.79. The summed E-state index contributed by atoms with van der Waals surface area (Å²) < 4.78 is 15.4. The highest BCUT2D eigenvalue weighted by Crippen LogP contribution is 2.54. The number of aromatic nitrogens is 2. The smallest absolute Gasteiger partial charge is 0.223 e. The van der Waals surface area contributed by atoms with Crippen LogP contribution in [0.4, 0.5) is 4.39 Å². The maximum Gasteiger partial charge on any atom is 0.223 e. The van der Waals surface area contributed by atoms with Crippen molar-refractivity contribution >= 4 is 12.0 Å². The molecule has 3 atom stereocenters. The van der Waals surface area contributed by atoms with Crippen LogP contribution in [0.2, 0.25) is 0 Å². The average molecular weight is 479 g/mol. The standard InChI is InChI=1S/C29H39FN4O/c1-4-5-25(32-28(35)20-12-14-33(3)15-13-20)16-22-6-7-23-17-27-21(18-29(22,23)2)19-31-34(27)26-10-8-24(30)9-11-26/h8-11,17,19-20,22,25H,4-7,12-16,18H2,1-3H3,(H,32,35)/t22-,25?,29-/m1/s1. The first kappa shape index (κ1) is 24.2. The highest BCUT2D eigenvalue weighted by Gasteiger charge is 2.46. The number of carbonyl (C=O) groups excluding carboxylic acids is 1. The molecule has 2 fully saturated rings. The lowest BCUT2D eigenvalue weighted by Crippen LogP contribution is -2.44. The monoisotopic (exact) mass is 478 g/mol. The van der Waals surface area contributed by atoms with Crippen LogP contribution in [-0.2, 0) is 11.2 Å². The SMILES string of the molecule is CCCC(C[C@H]1CCC2=Cc3c(cnn3-c3ccc(F)cc3)C[C@@]21C)NC(=O)C1CCN(C)CC1. The zero-order valence-electron chi connectivity index (χ0n) is 21.4. The summed E-state index contributed by atoms with van der Waals surface area (Å²) in [5.74, 6) is 0.742. The summed E-state index contributed by atoms with van der Waals surface area (Å²) in [4.78, 5) is 15.4. The molecule has 1 N–H and O–H groups in total. The van der Waals surface area contributed by atoms with Gasteiger partial charge in [-0.3, -0.25) is 4.79 Å². The predicted octanol–water partition coefficient (Wildman–Crippen LogP) is 5.38. The van der Waals surface area contributed by atoms with Gasteiger partial charge in [0.25, 0.3) is 0 Å². The number of nitrogens with one attached hydrogen (secondary N) is 1. The number of amides is 1. The highest BCUT2D eigenvalue weighted by atomic mass is 19.1. The molecule has 1 aromatic heterocycles. The largest absolute Gasteiger partial charge is 0.353 e. The van der Waals surface area contributed by atoms with Crippen molar-refractivity contribution in [3.8, 4) is 5.69 Å². The first-order valence-corrected chi connectivity index (χ1v) is 13.4. The van der Waals surface area contributed by atoms with Crippen LogP contribution in [-0.4, -0.2) is 46.8 Å². The Balaban J connectivity index is 1.30. The Hall–Kier alpha value is -2.47. The van der Waals surface area contributed by atoms with E-state index in [1.165, 1.54) is 29.7 Å². The second-order valence-electron chi connectivity index (χ2n) is 11.3. The Morgan fingerprint density at radius 3 is 2.69 bits per heavy atom. The second kappa shape index (κ2) is 9.88. The lowest BCUT2D eigenvalue weighted by molar-refractivity contribution is -0.127. The number of rotatable bonds is 7. The van der Waals surface area contributed by atoms with Crippen molar-refractivity contribution in [3.63, 3.8) is 0 Å². The Kier molecular flexibility index (Phi) is 6.84. The van der Waals surface area contributed by atoms with Crippen molar-refractivity contribution in [2.75, 3.05) is 20.1 Å². The van der Waals surface area contributed by atoms with Gasteiger partial charge in [0, 0.05) is 12.0 Å². The fourth-order valence-electron chi connectivity index (χ4n) is 6.63. The van der Waals surface area contributed by atoms with Crippen LogP contribution < -0.4 is 5.32 Å². The Bertz CT molecular complexity index is 1080. The normalized spacial score (nSPS) is 25.6. The van der Waals surface area contributed by atoms with Crippen molar-refractivity contribution in [1.29, 1.82) is 0 Å². The van der Waals surface area contributed by atoms with Gasteiger partial charge in [-0.15, -0.1) is 0 Å². The molecule has 1 unspecified atom stereocenters. The van der Waals surface area contributed by atoms with E-state index < -0.39 is 0 Å². The van der Waals surface area contributed by atoms with Crippen LogP contribution in [0.3, 0.4) is 0 Å². The van der Waals surface area contributed by atoms with E-state index in [0.717, 1.165) is 69.4 Å². The minimum absolute atomic E-state index is 0.105. The van der Waals surface area contributed by atoms with E-state index >= 15 is 0 Å². The minimum Gasteiger partial charge on any atom is -0.353 e. The molecular weight excluding hydrogens is 439 g/mol. The van der Waals surface area contributed by atoms with E-state index in [1.54, 1.807) is 12.1 Å². The van der Waals surface area contributed by atoms with E-state index in [9.17, 15) is 9.18 Å². The molecule has 1 saturated heterocycles. The maximum atomic E-state index is 13.4. The third-order valence-corrected chi connectivity index (χ3v) is 8.86. The number of carbonyl (C=O) groups is 1. The summed E-state index contributed by atoms with van der Waals surface area (Å²) in [5, 5.41) is 8.12. The minimum atomic E-state index is -0.233. The molecule has 1 aromatic carbocycles. The number of fused-ring (bicyclic) bond motifs is 2. The van der Waals surface area contributed by atoms with Crippen LogP contribution >= 0.6 is 0 Å². The van der Waals surface area contributed by atoms with Gasteiger partial charge in [-0.1, -0.05) is 25.8 Å². The molecule has 1 aliphatic heterocycles. The zero-order valence-corrected chi connectivity index (χ0v) is 21.4. The van der Waals surface area contributed by atoms with E-state index in [-0.39, 0.29) is 29.1 Å². The molecule has 0 bridgehead atoms. The van der Waals surface area contributed by atoms with Gasteiger partial charge in [0.1, 0.15) is 5.82 Å². The molecule has 5 nitrogen and oxygen atoms in total. The van der Waals surface area contributed by atoms with Crippen LogP contribution in [0.15, 0.2) is 36.0 Å². The van der Waals surface area contributed by atoms with Gasteiger partial charge in [-0.05, 0) is 112 Å². The number of halogens is 1. The van der Waals surface area contributed by atoms with Gasteiger partial charge < -0.3 is 10.2 Å². The number of hydrogen-bond donors (Lipinski definition) is 1. The molecule has 2 aromatic rings. The topological polar surface area (TPSA) is 50.2 Å². The third kappa shape index (κ3) is 4.82. The summed E-state index contributed by atoms with van der Waals surface area (Å²) in [7, 11) is 2.14. The predicted molar refractivity (Wildman–Crippen MR) is 138 cm³/mol. The Labute approximate surface area is 208 Å². The zero-order chi connectivity index (χ0) is 24.6. The molecule has 6 heteroatoms. The maximum absolute atomic E-state index is 13.4. The number of nitrogens with zero attached hydrogens (tertiary/aromatic N) is 3. The van der Waals surface area contributed by atoms with Gasteiger partial charge in [0.05, 0.1) is 17.6 Å². The summed E-state index contributed by atoms with van der Waals surface area (Å²) in [6, 6.07) is 6.80. The number of hydrogen-bond acceptors (Lipinski definition) is 3. The van der Waals surface area contributed by atoms with Gasteiger partial charge in [-0.25, -0.2) is 9.07 Å². The van der Waals surface area contributed by atoms with Crippen molar-refractivity contribution < 1.29 is 9.18 Å². The fourth-order valence-corrected chi connectivity index (χ4v) is 6.63. The number of benzene rings is 1. The van der Waals surface area contributed by atoms with Crippen LogP contribution in [0.5, 0.6) is 0 Å². The number of likely N-dealkylation sites (tertiary alicyclic amines) is 1. The van der Waals surface area contributed by atoms with Crippen molar-refractivity contribution in [3.05, 3.63) is 53.1 Å². The molecule has 0 radical (unpaired) electrons. The fraction of sp³-hybridized carbons (Fsp3) is 0.586. The van der Waals surface area contributed by atoms with Crippen LogP contribution in [0.1, 0.15) is 70.1 Å². The van der Waals surface area contributed by atoms with Crippen LogP contribution in [0, 0.1) is 23.1 Å². The molecule has 35 heavy (non-hydrogen) atoms. The lowest BCUT2D eigenvalue weighted by atomic mass is 9.68. The van der Waals surface area contributed by atoms with E-state index in [1.807, 2.05) is 10.9 Å². The number of piperidine rings is 1. The summed E-state index contributed by atoms with van der Waals surface area (Å²) in [5.41, 5.74) is 4.88. The summed E-state index contributed by atoms with van der Waals surface area (Å²) >= 11 is 0. The quantitative estimate of drug-likeness (QED) is 0.581. The Morgan fingerprint density at radius 1 is 1.23 bits per heavy atom. The van der Waals surface area contributed by atoms with Crippen molar-refractivity contribution in [2.24, 2.45) is 17.3 Å². The second-order valence-corrected chi connectivity index (χ2v) is 11.3. The van der Waals surface area contributed by atoms with E-state index in [4.69, 9.17) is 0 Å². The van der Waals surface area contributed by atoms with Gasteiger partial charge in [0.15, 0.2) is 0 Å². The molecule has 0 spiro atoms. The Morgan fingerprint density at radius 2 is 1.97 bits per heavy atom. The number of allylic oxidation sites excluding steroid dienone is 1. The first-order valence-electron chi connectivity index (χ1n) is 13.4. The van der Waals surface area contributed by atoms with Gasteiger partial charge >= 0.3 is 0 Å². The molecular formula is C29H39FN4O. The van der Waals surface area contributed by atoms with E-state index in [2.05, 4.69) is 42.3 Å². The lowest BCUT2D eigenvalue weighted by Gasteiger charge is -2.38. The third-order valence-electron chi connectivity index (χ3n) is 8.86. The average Bonchev–Trinajstić information content (AvgIpc) is 3.38. The first-order chi connectivity index (χ1) is 16.9. The van der Waals surface area contributed by atoms with Gasteiger partial charge in [0.2, 0.25) is 5.91 Å². The van der Waals surface area contributed by atoms with Gasteiger partial charge in [-0.2, -0.15) is 5.10 Å². The molecule has 2 aliphatic carbocycles.